The van der Waals surface area contributed by atoms with Crippen LogP contribution >= 0.6 is 12.6 Å². The Labute approximate surface area is 138 Å². The van der Waals surface area contributed by atoms with Crippen LogP contribution < -0.4 is 0 Å². The molecule has 0 aromatic rings. The second kappa shape index (κ2) is 16.2. The van der Waals surface area contributed by atoms with Gasteiger partial charge in [0.25, 0.3) is 0 Å². The molecule has 126 valence electrons. The second-order valence-corrected chi connectivity index (χ2v) is 6.81. The summed E-state index contributed by atoms with van der Waals surface area (Å²) in [5.74, 6) is 1.31. The van der Waals surface area contributed by atoms with Crippen LogP contribution in [-0.2, 0) is 4.79 Å². The second-order valence-electron chi connectivity index (χ2n) is 6.36. The zero-order valence-corrected chi connectivity index (χ0v) is 15.3. The van der Waals surface area contributed by atoms with Crippen LogP contribution in [0.5, 0.6) is 0 Å². The van der Waals surface area contributed by atoms with E-state index in [9.17, 15) is 4.79 Å². The normalized spacial score (nSPS) is 10.8. The van der Waals surface area contributed by atoms with Gasteiger partial charge in [-0.15, -0.1) is 0 Å². The molecule has 0 N–H and O–H groups in total. The maximum Gasteiger partial charge on any atom is 0.222 e. The third kappa shape index (κ3) is 16.0. The van der Waals surface area contributed by atoms with E-state index >= 15 is 0 Å². The van der Waals surface area contributed by atoms with E-state index in [0.29, 0.717) is 0 Å². The molecular weight excluding hydrogens is 278 g/mol. The number of unbranched alkanes of at least 4 members (excludes halogenated alkanes) is 12. The number of rotatable bonds is 15. The first-order valence-electron chi connectivity index (χ1n) is 8.99. The van der Waals surface area contributed by atoms with Crippen molar-refractivity contribution >= 4 is 18.5 Å². The Morgan fingerprint density at radius 3 is 1.33 bits per heavy atom. The van der Waals surface area contributed by atoms with E-state index in [0.717, 1.165) is 18.6 Å². The predicted octanol–water partition coefficient (Wildman–Crippen LogP) is 5.47. The molecule has 0 atom stereocenters. The molecule has 0 aliphatic rings. The molecule has 0 fully saturated rings. The van der Waals surface area contributed by atoms with Crippen LogP contribution in [0.15, 0.2) is 0 Å². The van der Waals surface area contributed by atoms with Gasteiger partial charge in [0, 0.05) is 20.5 Å². The van der Waals surface area contributed by atoms with Gasteiger partial charge < -0.3 is 4.90 Å². The fourth-order valence-electron chi connectivity index (χ4n) is 2.56. The third-order valence-electron chi connectivity index (χ3n) is 4.05. The maximum atomic E-state index is 11.4. The van der Waals surface area contributed by atoms with Gasteiger partial charge in [-0.1, -0.05) is 70.6 Å². The molecule has 2 nitrogen and oxygen atoms in total. The minimum atomic E-state index is 0.268. The summed E-state index contributed by atoms with van der Waals surface area (Å²) >= 11 is 4.23. The van der Waals surface area contributed by atoms with Gasteiger partial charge in [-0.05, 0) is 18.6 Å². The molecule has 21 heavy (non-hydrogen) atoms. The van der Waals surface area contributed by atoms with Crippen molar-refractivity contribution in [1.29, 1.82) is 0 Å². The van der Waals surface area contributed by atoms with E-state index in [-0.39, 0.29) is 5.91 Å². The number of amides is 1. The molecule has 0 aliphatic heterocycles. The fraction of sp³-hybridized carbons (Fsp3) is 0.944. The molecule has 0 saturated heterocycles. The van der Waals surface area contributed by atoms with Crippen LogP contribution in [0.2, 0.25) is 0 Å². The maximum absolute atomic E-state index is 11.4. The smallest absolute Gasteiger partial charge is 0.222 e. The predicted molar refractivity (Wildman–Crippen MR) is 97.2 cm³/mol. The Hall–Kier alpha value is -0.180. The van der Waals surface area contributed by atoms with Gasteiger partial charge in [0.15, 0.2) is 0 Å². The van der Waals surface area contributed by atoms with Crippen LogP contribution in [-0.4, -0.2) is 30.7 Å². The van der Waals surface area contributed by atoms with Crippen LogP contribution in [0.25, 0.3) is 0 Å². The SMILES string of the molecule is CN(C)C(=O)CCCCCCCCCCCCCCCS. The summed E-state index contributed by atoms with van der Waals surface area (Å²) in [6.07, 6.45) is 18.1. The van der Waals surface area contributed by atoms with Crippen LogP contribution in [0.1, 0.15) is 89.9 Å². The third-order valence-corrected chi connectivity index (χ3v) is 4.36. The van der Waals surface area contributed by atoms with Crippen molar-refractivity contribution < 1.29 is 4.79 Å². The highest BCUT2D eigenvalue weighted by atomic mass is 32.1. The quantitative estimate of drug-likeness (QED) is 0.314. The van der Waals surface area contributed by atoms with Gasteiger partial charge in [-0.2, -0.15) is 12.6 Å². The molecule has 0 radical (unpaired) electrons. The van der Waals surface area contributed by atoms with E-state index in [1.807, 2.05) is 14.1 Å². The summed E-state index contributed by atoms with van der Waals surface area (Å²) in [6.45, 7) is 0. The van der Waals surface area contributed by atoms with Gasteiger partial charge in [0.1, 0.15) is 0 Å². The number of carbonyl (C=O) groups excluding carboxylic acids is 1. The summed E-state index contributed by atoms with van der Waals surface area (Å²) in [6, 6.07) is 0. The van der Waals surface area contributed by atoms with Gasteiger partial charge in [-0.25, -0.2) is 0 Å². The number of carbonyl (C=O) groups is 1. The zero-order chi connectivity index (χ0) is 15.8. The van der Waals surface area contributed by atoms with E-state index in [2.05, 4.69) is 12.6 Å². The Morgan fingerprint density at radius 1 is 0.667 bits per heavy atom. The van der Waals surface area contributed by atoms with Crippen LogP contribution in [0.3, 0.4) is 0 Å². The summed E-state index contributed by atoms with van der Waals surface area (Å²) < 4.78 is 0. The largest absolute Gasteiger partial charge is 0.349 e. The topological polar surface area (TPSA) is 20.3 Å². The number of hydrogen-bond donors (Lipinski definition) is 1. The van der Waals surface area contributed by atoms with Crippen molar-refractivity contribution in [2.75, 3.05) is 19.8 Å². The number of nitrogens with zero attached hydrogens (tertiary/aromatic N) is 1. The highest BCUT2D eigenvalue weighted by molar-refractivity contribution is 7.80. The Bertz CT molecular complexity index is 231. The lowest BCUT2D eigenvalue weighted by Gasteiger charge is -2.09. The summed E-state index contributed by atoms with van der Waals surface area (Å²) in [7, 11) is 3.67. The average molecular weight is 316 g/mol. The van der Waals surface area contributed by atoms with Gasteiger partial charge >= 0.3 is 0 Å². The average Bonchev–Trinajstić information content (AvgIpc) is 2.47. The molecule has 1 amide bonds. The first-order valence-corrected chi connectivity index (χ1v) is 9.62. The molecule has 0 heterocycles. The van der Waals surface area contributed by atoms with Crippen LogP contribution in [0, 0.1) is 0 Å². The first-order chi connectivity index (χ1) is 10.2. The Morgan fingerprint density at radius 2 is 1.00 bits per heavy atom. The van der Waals surface area contributed by atoms with Gasteiger partial charge in [0.05, 0.1) is 0 Å². The summed E-state index contributed by atoms with van der Waals surface area (Å²) in [5.41, 5.74) is 0. The first kappa shape index (κ1) is 20.8. The van der Waals surface area contributed by atoms with Crippen molar-refractivity contribution in [2.45, 2.75) is 89.9 Å². The van der Waals surface area contributed by atoms with E-state index < -0.39 is 0 Å². The van der Waals surface area contributed by atoms with Gasteiger partial charge in [0.2, 0.25) is 5.91 Å². The standard InChI is InChI=1S/C18H37NOS/c1-19(2)18(20)16-14-12-10-8-6-4-3-5-7-9-11-13-15-17-21/h21H,3-17H2,1-2H3. The molecule has 0 aromatic heterocycles. The number of hydrogen-bond acceptors (Lipinski definition) is 2. The minimum Gasteiger partial charge on any atom is -0.349 e. The molecule has 0 rings (SSSR count). The molecule has 0 saturated carbocycles. The minimum absolute atomic E-state index is 0.268. The summed E-state index contributed by atoms with van der Waals surface area (Å²) in [5, 5.41) is 0. The van der Waals surface area contributed by atoms with Crippen molar-refractivity contribution in [2.24, 2.45) is 0 Å². The lowest BCUT2D eigenvalue weighted by Crippen LogP contribution is -2.20. The fourth-order valence-corrected chi connectivity index (χ4v) is 2.78. The molecule has 0 aromatic carbocycles. The molecule has 3 heteroatoms. The van der Waals surface area contributed by atoms with E-state index in [4.69, 9.17) is 0 Å². The highest BCUT2D eigenvalue weighted by Gasteiger charge is 2.02. The summed E-state index contributed by atoms with van der Waals surface area (Å²) in [4.78, 5) is 13.1. The van der Waals surface area contributed by atoms with E-state index in [1.165, 1.54) is 77.0 Å². The van der Waals surface area contributed by atoms with Crippen molar-refractivity contribution in [3.05, 3.63) is 0 Å². The van der Waals surface area contributed by atoms with Crippen molar-refractivity contribution in [3.8, 4) is 0 Å². The van der Waals surface area contributed by atoms with Crippen molar-refractivity contribution in [1.82, 2.24) is 4.90 Å². The monoisotopic (exact) mass is 315 g/mol. The Balaban J connectivity index is 3.04. The molecule has 0 spiro atoms. The molecule has 0 aliphatic carbocycles. The lowest BCUT2D eigenvalue weighted by atomic mass is 10.0. The molecular formula is C18H37NOS. The van der Waals surface area contributed by atoms with Gasteiger partial charge in [-0.3, -0.25) is 4.79 Å². The van der Waals surface area contributed by atoms with Crippen LogP contribution in [0.4, 0.5) is 0 Å². The number of thiol groups is 1. The molecule has 0 unspecified atom stereocenters. The Kier molecular flexibility index (Phi) is 16.1. The highest BCUT2D eigenvalue weighted by Crippen LogP contribution is 2.13. The van der Waals surface area contributed by atoms with Crippen molar-refractivity contribution in [3.63, 3.8) is 0 Å². The molecule has 0 bridgehead atoms. The van der Waals surface area contributed by atoms with E-state index in [1.54, 1.807) is 4.90 Å². The lowest BCUT2D eigenvalue weighted by molar-refractivity contribution is -0.128. The zero-order valence-electron chi connectivity index (χ0n) is 14.4.